The van der Waals surface area contributed by atoms with Crippen molar-refractivity contribution >= 4 is 39.4 Å². The molecule has 8 heteroatoms. The van der Waals surface area contributed by atoms with Crippen LogP contribution in [0.3, 0.4) is 0 Å². The number of carbonyl (C=O) groups excluding carboxylic acids is 2. The first-order valence-electron chi connectivity index (χ1n) is 12.1. The van der Waals surface area contributed by atoms with Crippen LogP contribution in [0.4, 0.5) is 4.79 Å². The molecule has 0 unspecified atom stereocenters. The van der Waals surface area contributed by atoms with Crippen LogP contribution in [0.15, 0.2) is 82.5 Å². The van der Waals surface area contributed by atoms with Gasteiger partial charge in [-0.15, -0.1) is 0 Å². The topological polar surface area (TPSA) is 86.6 Å². The Labute approximate surface area is 224 Å². The number of carbonyl (C=O) groups is 2. The Hall–Kier alpha value is -4.30. The monoisotopic (exact) mass is 526 g/mol. The molecule has 0 saturated carbocycles. The quantitative estimate of drug-likeness (QED) is 0.246. The van der Waals surface area contributed by atoms with E-state index in [9.17, 15) is 14.4 Å². The molecule has 3 aromatic carbocycles. The Morgan fingerprint density at radius 1 is 0.895 bits per heavy atom. The predicted octanol–water partition coefficient (Wildman–Crippen LogP) is 5.69. The molecular weight excluding hydrogens is 500 g/mol. The number of hydrogen-bond acceptors (Lipinski definition) is 6. The first kappa shape index (κ1) is 25.4. The number of thioether (sulfide) groups is 1. The fraction of sp³-hybridized carbons (Fsp3) is 0.167. The highest BCUT2D eigenvalue weighted by molar-refractivity contribution is 8.18. The maximum Gasteiger partial charge on any atom is 0.290 e. The number of benzene rings is 3. The van der Waals surface area contributed by atoms with E-state index < -0.39 is 0 Å². The molecule has 0 atom stereocenters. The molecule has 1 N–H and O–H groups in total. The largest absolute Gasteiger partial charge is 0.490 e. The lowest BCUT2D eigenvalue weighted by Crippen LogP contribution is -2.18. The van der Waals surface area contributed by atoms with Gasteiger partial charge in [0.1, 0.15) is 19.0 Å². The molecule has 1 aliphatic rings. The van der Waals surface area contributed by atoms with E-state index in [1.54, 1.807) is 19.1 Å². The molecule has 0 spiro atoms. The lowest BCUT2D eigenvalue weighted by molar-refractivity contribution is -0.115. The van der Waals surface area contributed by atoms with Crippen molar-refractivity contribution < 1.29 is 19.1 Å². The zero-order valence-electron chi connectivity index (χ0n) is 21.2. The minimum absolute atomic E-state index is 0.158. The molecule has 1 aromatic heterocycles. The molecule has 1 aliphatic heterocycles. The Balaban J connectivity index is 1.33. The number of aryl methyl sites for hydroxylation is 2. The van der Waals surface area contributed by atoms with E-state index in [4.69, 9.17) is 9.47 Å². The fourth-order valence-electron chi connectivity index (χ4n) is 4.43. The van der Waals surface area contributed by atoms with Crippen molar-refractivity contribution in [3.63, 3.8) is 0 Å². The molecule has 1 fully saturated rings. The van der Waals surface area contributed by atoms with Crippen molar-refractivity contribution in [2.45, 2.75) is 13.8 Å². The maximum atomic E-state index is 13.4. The molecule has 1 saturated heterocycles. The molecule has 4 aromatic rings. The van der Waals surface area contributed by atoms with Gasteiger partial charge in [0.15, 0.2) is 5.75 Å². The van der Waals surface area contributed by atoms with Crippen molar-refractivity contribution in [3.05, 3.63) is 99.1 Å². The van der Waals surface area contributed by atoms with Crippen molar-refractivity contribution in [2.24, 2.45) is 7.05 Å². The predicted molar refractivity (Wildman–Crippen MR) is 151 cm³/mol. The molecule has 192 valence electrons. The number of nitrogens with zero attached hydrogens (tertiary/aromatic N) is 1. The average molecular weight is 527 g/mol. The van der Waals surface area contributed by atoms with E-state index in [1.165, 1.54) is 0 Å². The second kappa shape index (κ2) is 10.6. The minimum Gasteiger partial charge on any atom is -0.490 e. The number of fused-ring (bicyclic) bond motifs is 1. The van der Waals surface area contributed by atoms with Gasteiger partial charge >= 0.3 is 0 Å². The lowest BCUT2D eigenvalue weighted by Gasteiger charge is -2.18. The summed E-state index contributed by atoms with van der Waals surface area (Å²) in [7, 11) is 1.93. The molecular formula is C30H26N2O5S. The van der Waals surface area contributed by atoms with Gasteiger partial charge in [0.05, 0.1) is 16.1 Å². The smallest absolute Gasteiger partial charge is 0.290 e. The van der Waals surface area contributed by atoms with Crippen LogP contribution in [-0.4, -0.2) is 28.9 Å². The standard InChI is InChI=1S/C30H26N2O5S/c1-18-8-10-21(11-9-18)25-27(26(33)23-6-4-5-7-24(23)32(25)3)37-17-16-36-22-14-12-20(13-15-22)19(2)28-29(34)31-30(35)38-28/h4-15H,16-17H2,1-3H3,(H,31,34,35)/b28-19+. The summed E-state index contributed by atoms with van der Waals surface area (Å²) < 4.78 is 13.9. The van der Waals surface area contributed by atoms with Crippen LogP contribution in [0.5, 0.6) is 11.5 Å². The highest BCUT2D eigenvalue weighted by Crippen LogP contribution is 2.32. The molecule has 38 heavy (non-hydrogen) atoms. The molecule has 5 rings (SSSR count). The van der Waals surface area contributed by atoms with Crippen LogP contribution in [0.2, 0.25) is 0 Å². The molecule has 0 radical (unpaired) electrons. The van der Waals surface area contributed by atoms with Gasteiger partial charge in [-0.05, 0) is 61.0 Å². The van der Waals surface area contributed by atoms with Crippen molar-refractivity contribution in [3.8, 4) is 22.8 Å². The van der Waals surface area contributed by atoms with Gasteiger partial charge in [0.2, 0.25) is 5.43 Å². The number of rotatable bonds is 7. The number of aromatic nitrogens is 1. The van der Waals surface area contributed by atoms with Gasteiger partial charge in [-0.3, -0.25) is 19.7 Å². The number of pyridine rings is 1. The molecule has 7 nitrogen and oxygen atoms in total. The van der Waals surface area contributed by atoms with Crippen molar-refractivity contribution in [2.75, 3.05) is 13.2 Å². The highest BCUT2D eigenvalue weighted by Gasteiger charge is 2.27. The van der Waals surface area contributed by atoms with Crippen LogP contribution in [0.25, 0.3) is 27.7 Å². The zero-order valence-corrected chi connectivity index (χ0v) is 22.1. The fourth-order valence-corrected chi connectivity index (χ4v) is 5.17. The van der Waals surface area contributed by atoms with E-state index in [2.05, 4.69) is 5.32 Å². The summed E-state index contributed by atoms with van der Waals surface area (Å²) in [5, 5.41) is 2.51. The van der Waals surface area contributed by atoms with Gasteiger partial charge in [-0.25, -0.2) is 0 Å². The number of allylic oxidation sites excluding steroid dienone is 1. The summed E-state index contributed by atoms with van der Waals surface area (Å²) in [6, 6.07) is 22.8. The van der Waals surface area contributed by atoms with E-state index in [-0.39, 0.29) is 35.5 Å². The van der Waals surface area contributed by atoms with Gasteiger partial charge in [-0.2, -0.15) is 0 Å². The Morgan fingerprint density at radius 3 is 2.26 bits per heavy atom. The zero-order chi connectivity index (χ0) is 26.8. The van der Waals surface area contributed by atoms with E-state index in [0.29, 0.717) is 21.7 Å². The SMILES string of the molecule is C/C(=C1\SC(=O)NC1=O)c1ccc(OCCOc2c(-c3ccc(C)cc3)n(C)c3ccccc3c2=O)cc1. The van der Waals surface area contributed by atoms with Crippen LogP contribution in [0, 0.1) is 6.92 Å². The van der Waals surface area contributed by atoms with Gasteiger partial charge in [-0.1, -0.05) is 54.1 Å². The van der Waals surface area contributed by atoms with Gasteiger partial charge < -0.3 is 14.0 Å². The summed E-state index contributed by atoms with van der Waals surface area (Å²) in [5.41, 5.74) is 4.97. The molecule has 2 amide bonds. The van der Waals surface area contributed by atoms with E-state index >= 15 is 0 Å². The molecule has 0 aliphatic carbocycles. The maximum absolute atomic E-state index is 13.4. The molecule has 0 bridgehead atoms. The normalized spacial score (nSPS) is 14.5. The first-order valence-corrected chi connectivity index (χ1v) is 12.9. The number of para-hydroxylation sites is 1. The summed E-state index contributed by atoms with van der Waals surface area (Å²) in [4.78, 5) is 37.2. The number of hydrogen-bond donors (Lipinski definition) is 1. The lowest BCUT2D eigenvalue weighted by atomic mass is 10.1. The van der Waals surface area contributed by atoms with Gasteiger partial charge in [0, 0.05) is 18.0 Å². The van der Waals surface area contributed by atoms with Crippen LogP contribution >= 0.6 is 11.8 Å². The summed E-state index contributed by atoms with van der Waals surface area (Å²) in [6.07, 6.45) is 0. The third kappa shape index (κ3) is 4.95. The number of ether oxygens (including phenoxy) is 2. The van der Waals surface area contributed by atoms with E-state index in [0.717, 1.165) is 39.5 Å². The average Bonchev–Trinajstić information content (AvgIpc) is 3.27. The highest BCUT2D eigenvalue weighted by atomic mass is 32.2. The molecule has 2 heterocycles. The minimum atomic E-state index is -0.375. The third-order valence-corrected chi connectivity index (χ3v) is 7.42. The van der Waals surface area contributed by atoms with E-state index in [1.807, 2.05) is 79.2 Å². The Bertz CT molecular complexity index is 1640. The van der Waals surface area contributed by atoms with Crippen LogP contribution < -0.4 is 20.2 Å². The summed E-state index contributed by atoms with van der Waals surface area (Å²) >= 11 is 0.903. The van der Waals surface area contributed by atoms with Crippen LogP contribution in [-0.2, 0) is 11.8 Å². The number of nitrogens with one attached hydrogen (secondary N) is 1. The first-order chi connectivity index (χ1) is 18.3. The second-order valence-corrected chi connectivity index (χ2v) is 9.95. The number of imide groups is 1. The Kier molecular flexibility index (Phi) is 7.07. The van der Waals surface area contributed by atoms with Crippen LogP contribution in [0.1, 0.15) is 18.1 Å². The Morgan fingerprint density at radius 2 is 1.58 bits per heavy atom. The summed E-state index contributed by atoms with van der Waals surface area (Å²) in [5.74, 6) is 0.540. The van der Waals surface area contributed by atoms with Crippen molar-refractivity contribution in [1.82, 2.24) is 9.88 Å². The summed E-state index contributed by atoms with van der Waals surface area (Å²) in [6.45, 7) is 4.24. The second-order valence-electron chi connectivity index (χ2n) is 8.97. The van der Waals surface area contributed by atoms with Crippen molar-refractivity contribution in [1.29, 1.82) is 0 Å². The third-order valence-electron chi connectivity index (χ3n) is 6.43. The number of amides is 2. The van der Waals surface area contributed by atoms with Gasteiger partial charge in [0.25, 0.3) is 11.1 Å².